The Morgan fingerprint density at radius 1 is 1.12 bits per heavy atom. The Bertz CT molecular complexity index is 188. The summed E-state index contributed by atoms with van der Waals surface area (Å²) >= 11 is 0. The molecule has 1 amide bonds. The topological polar surface area (TPSA) is 41.1 Å². The van der Waals surface area contributed by atoms with Gasteiger partial charge < -0.3 is 10.6 Å². The summed E-state index contributed by atoms with van der Waals surface area (Å²) in [6.45, 7) is 11.5. The van der Waals surface area contributed by atoms with Crippen LogP contribution in [0, 0.1) is 5.92 Å². The Kier molecular flexibility index (Phi) is 8.26. The molecule has 0 fully saturated rings. The van der Waals surface area contributed by atoms with Gasteiger partial charge in [0.1, 0.15) is 0 Å². The molecule has 3 nitrogen and oxygen atoms in total. The summed E-state index contributed by atoms with van der Waals surface area (Å²) in [5.41, 5.74) is 0. The van der Waals surface area contributed by atoms with Gasteiger partial charge in [0.15, 0.2) is 0 Å². The quantitative estimate of drug-likeness (QED) is 0.669. The molecule has 0 aromatic heterocycles. The number of rotatable bonds is 8. The minimum atomic E-state index is 0.138. The van der Waals surface area contributed by atoms with Crippen molar-refractivity contribution in [3.8, 4) is 0 Å². The van der Waals surface area contributed by atoms with Crippen LogP contribution in [0.4, 0.5) is 0 Å². The lowest BCUT2D eigenvalue weighted by Gasteiger charge is -2.18. The van der Waals surface area contributed by atoms with Crippen molar-refractivity contribution in [1.82, 2.24) is 10.6 Å². The predicted octanol–water partition coefficient (Wildman–Crippen LogP) is 2.32. The van der Waals surface area contributed by atoms with Crippen LogP contribution in [0.1, 0.15) is 53.9 Å². The van der Waals surface area contributed by atoms with Gasteiger partial charge in [-0.25, -0.2) is 0 Å². The third-order valence-corrected chi connectivity index (χ3v) is 2.85. The first kappa shape index (κ1) is 15.4. The first-order valence-electron chi connectivity index (χ1n) is 6.52. The second kappa shape index (κ2) is 8.57. The summed E-state index contributed by atoms with van der Waals surface area (Å²) in [7, 11) is 0. The van der Waals surface area contributed by atoms with Crippen molar-refractivity contribution in [2.75, 3.05) is 6.54 Å². The highest BCUT2D eigenvalue weighted by atomic mass is 16.1. The van der Waals surface area contributed by atoms with Crippen LogP contribution >= 0.6 is 0 Å². The molecule has 2 N–H and O–H groups in total. The second-order valence-corrected chi connectivity index (χ2v) is 4.92. The SMILES string of the molecule is CCC(CC)CNC(C)CC(=O)NC(C)C. The normalized spacial score (nSPS) is 13.2. The van der Waals surface area contributed by atoms with Gasteiger partial charge in [-0.15, -0.1) is 0 Å². The Labute approximate surface area is 100 Å². The van der Waals surface area contributed by atoms with Crippen molar-refractivity contribution < 1.29 is 4.79 Å². The van der Waals surface area contributed by atoms with Crippen molar-refractivity contribution >= 4 is 5.91 Å². The van der Waals surface area contributed by atoms with E-state index in [1.807, 2.05) is 13.8 Å². The molecule has 0 aliphatic rings. The Morgan fingerprint density at radius 3 is 2.12 bits per heavy atom. The van der Waals surface area contributed by atoms with Gasteiger partial charge in [0.25, 0.3) is 0 Å². The molecular formula is C13H28N2O. The van der Waals surface area contributed by atoms with Gasteiger partial charge in [-0.3, -0.25) is 4.79 Å². The molecule has 3 heteroatoms. The van der Waals surface area contributed by atoms with E-state index in [4.69, 9.17) is 0 Å². The standard InChI is InChI=1S/C13H28N2O/c1-6-12(7-2)9-14-11(5)8-13(16)15-10(3)4/h10-12,14H,6-9H2,1-5H3,(H,15,16). The van der Waals surface area contributed by atoms with Crippen LogP contribution in [0.3, 0.4) is 0 Å². The minimum absolute atomic E-state index is 0.138. The molecule has 1 atom stereocenters. The van der Waals surface area contributed by atoms with E-state index in [1.54, 1.807) is 0 Å². The first-order chi connectivity index (χ1) is 7.49. The molecule has 16 heavy (non-hydrogen) atoms. The average Bonchev–Trinajstić information content (AvgIpc) is 2.17. The Hall–Kier alpha value is -0.570. The third kappa shape index (κ3) is 7.69. The molecule has 0 aromatic rings. The molecule has 0 bridgehead atoms. The van der Waals surface area contributed by atoms with Gasteiger partial charge in [-0.05, 0) is 33.2 Å². The highest BCUT2D eigenvalue weighted by molar-refractivity contribution is 5.76. The summed E-state index contributed by atoms with van der Waals surface area (Å²) < 4.78 is 0. The molecule has 0 aromatic carbocycles. The zero-order valence-corrected chi connectivity index (χ0v) is 11.5. The van der Waals surface area contributed by atoms with Gasteiger partial charge in [0, 0.05) is 18.5 Å². The van der Waals surface area contributed by atoms with Gasteiger partial charge in [0.2, 0.25) is 5.91 Å². The molecule has 0 radical (unpaired) electrons. The fraction of sp³-hybridized carbons (Fsp3) is 0.923. The van der Waals surface area contributed by atoms with E-state index in [-0.39, 0.29) is 18.0 Å². The van der Waals surface area contributed by atoms with Crippen LogP contribution in [0.5, 0.6) is 0 Å². The van der Waals surface area contributed by atoms with E-state index < -0.39 is 0 Å². The zero-order valence-electron chi connectivity index (χ0n) is 11.5. The lowest BCUT2D eigenvalue weighted by Crippen LogP contribution is -2.38. The molecule has 96 valence electrons. The van der Waals surface area contributed by atoms with Gasteiger partial charge in [0.05, 0.1) is 0 Å². The second-order valence-electron chi connectivity index (χ2n) is 4.92. The van der Waals surface area contributed by atoms with E-state index in [0.717, 1.165) is 12.5 Å². The number of hydrogen-bond acceptors (Lipinski definition) is 2. The lowest BCUT2D eigenvalue weighted by molar-refractivity contribution is -0.122. The van der Waals surface area contributed by atoms with E-state index in [1.165, 1.54) is 12.8 Å². The molecule has 0 saturated carbocycles. The zero-order chi connectivity index (χ0) is 12.6. The van der Waals surface area contributed by atoms with Gasteiger partial charge in [-0.2, -0.15) is 0 Å². The summed E-state index contributed by atoms with van der Waals surface area (Å²) in [5.74, 6) is 0.871. The van der Waals surface area contributed by atoms with Crippen LogP contribution in [-0.4, -0.2) is 24.5 Å². The minimum Gasteiger partial charge on any atom is -0.354 e. The van der Waals surface area contributed by atoms with Crippen LogP contribution in [-0.2, 0) is 4.79 Å². The number of carbonyl (C=O) groups is 1. The van der Waals surface area contributed by atoms with Crippen LogP contribution in [0.25, 0.3) is 0 Å². The maximum absolute atomic E-state index is 11.5. The predicted molar refractivity (Wildman–Crippen MR) is 69.4 cm³/mol. The molecule has 1 unspecified atom stereocenters. The number of hydrogen-bond donors (Lipinski definition) is 2. The number of amides is 1. The molecule has 0 spiro atoms. The molecule has 0 rings (SSSR count). The van der Waals surface area contributed by atoms with Gasteiger partial charge >= 0.3 is 0 Å². The summed E-state index contributed by atoms with van der Waals surface area (Å²) in [5, 5.41) is 6.34. The molecule has 0 heterocycles. The number of carbonyl (C=O) groups excluding carboxylic acids is 1. The average molecular weight is 228 g/mol. The van der Waals surface area contributed by atoms with E-state index in [9.17, 15) is 4.79 Å². The van der Waals surface area contributed by atoms with Crippen molar-refractivity contribution in [1.29, 1.82) is 0 Å². The smallest absolute Gasteiger partial charge is 0.221 e. The van der Waals surface area contributed by atoms with Gasteiger partial charge in [-0.1, -0.05) is 26.7 Å². The van der Waals surface area contributed by atoms with E-state index >= 15 is 0 Å². The Morgan fingerprint density at radius 2 is 1.69 bits per heavy atom. The maximum atomic E-state index is 11.5. The van der Waals surface area contributed by atoms with Crippen LogP contribution in [0.2, 0.25) is 0 Å². The van der Waals surface area contributed by atoms with Crippen molar-refractivity contribution in [3.63, 3.8) is 0 Å². The van der Waals surface area contributed by atoms with Crippen molar-refractivity contribution in [2.45, 2.75) is 66.0 Å². The lowest BCUT2D eigenvalue weighted by atomic mass is 10.0. The van der Waals surface area contributed by atoms with Crippen LogP contribution in [0.15, 0.2) is 0 Å². The first-order valence-corrected chi connectivity index (χ1v) is 6.52. The van der Waals surface area contributed by atoms with Crippen LogP contribution < -0.4 is 10.6 Å². The molecule has 0 aliphatic carbocycles. The van der Waals surface area contributed by atoms with Crippen molar-refractivity contribution in [2.24, 2.45) is 5.92 Å². The maximum Gasteiger partial charge on any atom is 0.221 e. The third-order valence-electron chi connectivity index (χ3n) is 2.85. The largest absolute Gasteiger partial charge is 0.354 e. The van der Waals surface area contributed by atoms with E-state index in [0.29, 0.717) is 6.42 Å². The fourth-order valence-corrected chi connectivity index (χ4v) is 1.68. The highest BCUT2D eigenvalue weighted by Gasteiger charge is 2.11. The number of nitrogens with one attached hydrogen (secondary N) is 2. The van der Waals surface area contributed by atoms with Crippen molar-refractivity contribution in [3.05, 3.63) is 0 Å². The fourth-order valence-electron chi connectivity index (χ4n) is 1.68. The highest BCUT2D eigenvalue weighted by Crippen LogP contribution is 2.06. The molecular weight excluding hydrogens is 200 g/mol. The monoisotopic (exact) mass is 228 g/mol. The summed E-state index contributed by atoms with van der Waals surface area (Å²) in [6.07, 6.45) is 2.97. The Balaban J connectivity index is 3.72. The van der Waals surface area contributed by atoms with E-state index in [2.05, 4.69) is 31.4 Å². The molecule has 0 saturated heterocycles. The summed E-state index contributed by atoms with van der Waals surface area (Å²) in [6, 6.07) is 0.498. The summed E-state index contributed by atoms with van der Waals surface area (Å²) in [4.78, 5) is 11.5. The molecule has 0 aliphatic heterocycles.